The van der Waals surface area contributed by atoms with Crippen molar-refractivity contribution in [2.24, 2.45) is 10.6 Å². The second kappa shape index (κ2) is 8.66. The van der Waals surface area contributed by atoms with Gasteiger partial charge in [-0.25, -0.2) is 23.5 Å². The maximum Gasteiger partial charge on any atom is 0.253 e. The Labute approximate surface area is 199 Å². The lowest BCUT2D eigenvalue weighted by Crippen LogP contribution is -2.46. The van der Waals surface area contributed by atoms with Crippen LogP contribution in [0.15, 0.2) is 47.8 Å². The maximum atomic E-state index is 12.9. The van der Waals surface area contributed by atoms with Crippen LogP contribution >= 0.6 is 0 Å². The third-order valence-corrected chi connectivity index (χ3v) is 8.70. The molecule has 1 spiro atoms. The number of carbonyl (C=O) groups excluding carboxylic acids is 1. The van der Waals surface area contributed by atoms with Crippen LogP contribution in [0, 0.1) is 5.41 Å². The summed E-state index contributed by atoms with van der Waals surface area (Å²) in [6, 6.07) is 8.34. The number of anilines is 1. The van der Waals surface area contributed by atoms with Crippen molar-refractivity contribution in [3.05, 3.63) is 48.4 Å². The van der Waals surface area contributed by atoms with Crippen molar-refractivity contribution in [1.82, 2.24) is 19.9 Å². The minimum atomic E-state index is -3.76. The first-order valence-corrected chi connectivity index (χ1v) is 13.2. The van der Waals surface area contributed by atoms with Crippen LogP contribution in [0.3, 0.4) is 0 Å². The van der Waals surface area contributed by atoms with Crippen molar-refractivity contribution < 1.29 is 13.2 Å². The lowest BCUT2D eigenvalue weighted by molar-refractivity contribution is 0.0449. The number of carbonyl (C=O) groups is 1. The molecule has 2 aliphatic rings. The summed E-state index contributed by atoms with van der Waals surface area (Å²) in [6.45, 7) is 1.46. The Kier molecular flexibility index (Phi) is 5.81. The van der Waals surface area contributed by atoms with Crippen LogP contribution in [0.5, 0.6) is 0 Å². The molecule has 180 valence electrons. The highest BCUT2D eigenvalue weighted by molar-refractivity contribution is 7.89. The van der Waals surface area contributed by atoms with Crippen molar-refractivity contribution in [3.63, 3.8) is 0 Å². The maximum absolute atomic E-state index is 12.9. The molecule has 34 heavy (non-hydrogen) atoms. The summed E-state index contributed by atoms with van der Waals surface area (Å²) in [4.78, 5) is 29.1. The number of nitrogens with two attached hydrogens (primary N) is 1. The fraction of sp³-hybridized carbons (Fsp3) is 0.458. The van der Waals surface area contributed by atoms with Crippen LogP contribution in [-0.4, -0.2) is 60.4 Å². The van der Waals surface area contributed by atoms with Crippen molar-refractivity contribution >= 4 is 32.8 Å². The Bertz CT molecular complexity index is 1290. The van der Waals surface area contributed by atoms with Gasteiger partial charge >= 0.3 is 0 Å². The van der Waals surface area contributed by atoms with E-state index in [1.165, 1.54) is 12.1 Å². The van der Waals surface area contributed by atoms with Gasteiger partial charge < -0.3 is 14.8 Å². The second-order valence-corrected chi connectivity index (χ2v) is 11.2. The van der Waals surface area contributed by atoms with Gasteiger partial charge in [0.2, 0.25) is 10.0 Å². The highest BCUT2D eigenvalue weighted by Gasteiger charge is 2.40. The molecule has 0 atom stereocenters. The number of fused-ring (bicyclic) bond motifs is 1. The van der Waals surface area contributed by atoms with Gasteiger partial charge in [0, 0.05) is 37.9 Å². The molecule has 1 aliphatic carbocycles. The number of benzene rings is 1. The number of hydrogen-bond donors (Lipinski definition) is 2. The van der Waals surface area contributed by atoms with E-state index in [1.54, 1.807) is 18.5 Å². The fourth-order valence-electron chi connectivity index (χ4n) is 5.57. The van der Waals surface area contributed by atoms with Gasteiger partial charge in [0.15, 0.2) is 0 Å². The molecular weight excluding hydrogens is 452 g/mol. The molecule has 0 bridgehead atoms. The standard InChI is InChI=1S/C24H30N6O3S/c1-29(22-20-8-13-26-21(20)27-16-28-22)18-6-9-24(10-7-18)11-14-30(15-12-24)23(31)17-2-4-19(5-3-17)34(25,32)33/h2-5,8,13,16,18H,6-7,9-12,14-15H2,1H3,(H2,25,32,33)(H,26,27,28). The number of sulfonamides is 1. The zero-order valence-electron chi connectivity index (χ0n) is 19.3. The SMILES string of the molecule is CN(c1ncnc2[nH]ccc12)C1CCC2(CC1)CCN(C(=O)c1ccc(S(N)(=O)=O)cc1)CC2. The van der Waals surface area contributed by atoms with E-state index < -0.39 is 10.0 Å². The number of primary sulfonamides is 1. The number of aromatic nitrogens is 3. The largest absolute Gasteiger partial charge is 0.356 e. The van der Waals surface area contributed by atoms with Crippen LogP contribution in [0.2, 0.25) is 0 Å². The number of H-pyrrole nitrogens is 1. The van der Waals surface area contributed by atoms with Crippen molar-refractivity contribution in [1.29, 1.82) is 0 Å². The average molecular weight is 483 g/mol. The molecular formula is C24H30N6O3S. The second-order valence-electron chi connectivity index (χ2n) is 9.64. The topological polar surface area (TPSA) is 125 Å². The smallest absolute Gasteiger partial charge is 0.253 e. The van der Waals surface area contributed by atoms with E-state index in [-0.39, 0.29) is 10.8 Å². The monoisotopic (exact) mass is 482 g/mol. The van der Waals surface area contributed by atoms with E-state index in [1.807, 2.05) is 17.2 Å². The first-order valence-electron chi connectivity index (χ1n) is 11.7. The zero-order chi connectivity index (χ0) is 23.9. The summed E-state index contributed by atoms with van der Waals surface area (Å²) < 4.78 is 22.9. The summed E-state index contributed by atoms with van der Waals surface area (Å²) in [6.07, 6.45) is 10.0. The molecule has 3 aromatic rings. The van der Waals surface area contributed by atoms with Crippen molar-refractivity contribution in [2.45, 2.75) is 49.5 Å². The highest BCUT2D eigenvalue weighted by atomic mass is 32.2. The van der Waals surface area contributed by atoms with Gasteiger partial charge in [-0.15, -0.1) is 0 Å². The molecule has 2 fully saturated rings. The Hall–Kier alpha value is -2.98. The lowest BCUT2D eigenvalue weighted by Gasteiger charge is -2.47. The Morgan fingerprint density at radius 2 is 1.76 bits per heavy atom. The summed E-state index contributed by atoms with van der Waals surface area (Å²) in [5, 5.41) is 6.20. The van der Waals surface area contributed by atoms with Gasteiger partial charge in [-0.1, -0.05) is 0 Å². The summed E-state index contributed by atoms with van der Waals surface area (Å²) in [5.41, 5.74) is 1.65. The van der Waals surface area contributed by atoms with Crippen molar-refractivity contribution in [3.8, 4) is 0 Å². The molecule has 9 nitrogen and oxygen atoms in total. The average Bonchev–Trinajstić information content (AvgIpc) is 3.33. The van der Waals surface area contributed by atoms with Gasteiger partial charge in [0.05, 0.1) is 10.3 Å². The zero-order valence-corrected chi connectivity index (χ0v) is 20.1. The van der Waals surface area contributed by atoms with E-state index in [0.717, 1.165) is 68.5 Å². The summed E-state index contributed by atoms with van der Waals surface area (Å²) >= 11 is 0. The molecule has 3 N–H and O–H groups in total. The molecule has 0 radical (unpaired) electrons. The van der Waals surface area contributed by atoms with Crippen LogP contribution in [0.25, 0.3) is 11.0 Å². The molecule has 1 aliphatic heterocycles. The third-order valence-electron chi connectivity index (χ3n) is 7.77. The molecule has 1 saturated carbocycles. The molecule has 0 unspecified atom stereocenters. The highest BCUT2D eigenvalue weighted by Crippen LogP contribution is 2.46. The van der Waals surface area contributed by atoms with E-state index in [0.29, 0.717) is 17.0 Å². The number of nitrogens with one attached hydrogen (secondary N) is 1. The van der Waals surface area contributed by atoms with E-state index in [9.17, 15) is 13.2 Å². The van der Waals surface area contributed by atoms with Gasteiger partial charge in [0.25, 0.3) is 5.91 Å². The number of likely N-dealkylation sites (tertiary alicyclic amines) is 1. The van der Waals surface area contributed by atoms with E-state index in [2.05, 4.69) is 26.9 Å². The molecule has 5 rings (SSSR count). The predicted octanol–water partition coefficient (Wildman–Crippen LogP) is 2.91. The van der Waals surface area contributed by atoms with Crippen LogP contribution in [0.4, 0.5) is 5.82 Å². The summed E-state index contributed by atoms with van der Waals surface area (Å²) in [5.74, 6) is 0.921. The number of piperidine rings is 1. The quantitative estimate of drug-likeness (QED) is 0.589. The minimum Gasteiger partial charge on any atom is -0.356 e. The normalized spacial score (nSPS) is 18.9. The first-order chi connectivity index (χ1) is 16.3. The predicted molar refractivity (Wildman–Crippen MR) is 130 cm³/mol. The fourth-order valence-corrected chi connectivity index (χ4v) is 6.08. The van der Waals surface area contributed by atoms with Crippen LogP contribution in [-0.2, 0) is 10.0 Å². The Morgan fingerprint density at radius 1 is 1.09 bits per heavy atom. The van der Waals surface area contributed by atoms with Crippen molar-refractivity contribution in [2.75, 3.05) is 25.0 Å². The molecule has 2 aromatic heterocycles. The number of rotatable bonds is 4. The van der Waals surface area contributed by atoms with Gasteiger partial charge in [-0.05, 0) is 74.3 Å². The Morgan fingerprint density at radius 3 is 2.41 bits per heavy atom. The molecule has 1 saturated heterocycles. The Balaban J connectivity index is 1.18. The summed E-state index contributed by atoms with van der Waals surface area (Å²) in [7, 11) is -1.64. The van der Waals surface area contributed by atoms with Crippen LogP contribution < -0.4 is 10.0 Å². The van der Waals surface area contributed by atoms with E-state index in [4.69, 9.17) is 5.14 Å². The number of nitrogens with zero attached hydrogens (tertiary/aromatic N) is 4. The lowest BCUT2D eigenvalue weighted by atomic mass is 9.66. The van der Waals surface area contributed by atoms with E-state index >= 15 is 0 Å². The minimum absolute atomic E-state index is 0.0163. The van der Waals surface area contributed by atoms with Gasteiger partial charge in [-0.2, -0.15) is 0 Å². The van der Waals surface area contributed by atoms with Gasteiger partial charge in [-0.3, -0.25) is 4.79 Å². The molecule has 1 amide bonds. The molecule has 10 heteroatoms. The van der Waals surface area contributed by atoms with Crippen LogP contribution in [0.1, 0.15) is 48.9 Å². The number of amides is 1. The number of hydrogen-bond acceptors (Lipinski definition) is 6. The third kappa shape index (κ3) is 4.27. The number of aromatic amines is 1. The first kappa shape index (κ1) is 22.8. The molecule has 3 heterocycles. The molecule has 1 aromatic carbocycles. The van der Waals surface area contributed by atoms with Gasteiger partial charge in [0.1, 0.15) is 17.8 Å².